The number of anilines is 1. The van der Waals surface area contributed by atoms with Crippen molar-refractivity contribution in [1.82, 2.24) is 0 Å². The van der Waals surface area contributed by atoms with Crippen molar-refractivity contribution in [3.63, 3.8) is 0 Å². The van der Waals surface area contributed by atoms with Gasteiger partial charge in [0.25, 0.3) is 5.91 Å². The second kappa shape index (κ2) is 8.01. The monoisotopic (exact) mass is 415 g/mol. The summed E-state index contributed by atoms with van der Waals surface area (Å²) in [4.78, 5) is 24.1. The number of carbonyl (C=O) groups is 2. The number of sulfone groups is 1. The number of halogens is 3. The van der Waals surface area contributed by atoms with E-state index in [4.69, 9.17) is 4.74 Å². The molecule has 6 nitrogen and oxygen atoms in total. The Bertz CT molecular complexity index is 985. The van der Waals surface area contributed by atoms with Crippen LogP contribution in [0.2, 0.25) is 0 Å². The van der Waals surface area contributed by atoms with Crippen molar-refractivity contribution in [2.24, 2.45) is 0 Å². The molecule has 1 atom stereocenters. The van der Waals surface area contributed by atoms with E-state index in [1.165, 1.54) is 25.1 Å². The highest BCUT2D eigenvalue weighted by atomic mass is 32.2. The van der Waals surface area contributed by atoms with Crippen LogP contribution in [-0.4, -0.2) is 32.7 Å². The molecule has 10 heteroatoms. The third kappa shape index (κ3) is 5.56. The number of rotatable bonds is 5. The summed E-state index contributed by atoms with van der Waals surface area (Å²) >= 11 is 0. The largest absolute Gasteiger partial charge is 0.449 e. The highest BCUT2D eigenvalue weighted by Gasteiger charge is 2.30. The van der Waals surface area contributed by atoms with Gasteiger partial charge in [0, 0.05) is 11.9 Å². The second-order valence-corrected chi connectivity index (χ2v) is 7.93. The standard InChI is InChI=1S/C18H16F3NO5S/c1-11(16(23)22-14-8-6-13(7-9-14)18(19,20)21)27-17(24)12-4-3-5-15(10-12)28(2,25)26/h3-11H,1-2H3,(H,22,23)/t11-/m0/s1. The summed E-state index contributed by atoms with van der Waals surface area (Å²) in [5.74, 6) is -1.67. The van der Waals surface area contributed by atoms with Gasteiger partial charge in [0.1, 0.15) is 0 Å². The van der Waals surface area contributed by atoms with Gasteiger partial charge in [0.2, 0.25) is 0 Å². The van der Waals surface area contributed by atoms with Crippen LogP contribution in [0.1, 0.15) is 22.8 Å². The molecule has 0 saturated heterocycles. The second-order valence-electron chi connectivity index (χ2n) is 5.91. The van der Waals surface area contributed by atoms with Crippen LogP contribution in [-0.2, 0) is 25.5 Å². The Hall–Kier alpha value is -2.88. The average Bonchev–Trinajstić information content (AvgIpc) is 2.60. The van der Waals surface area contributed by atoms with Gasteiger partial charge >= 0.3 is 12.1 Å². The minimum Gasteiger partial charge on any atom is -0.449 e. The van der Waals surface area contributed by atoms with Crippen LogP contribution in [0, 0.1) is 0 Å². The summed E-state index contributed by atoms with van der Waals surface area (Å²) in [5.41, 5.74) is -0.826. The van der Waals surface area contributed by atoms with Crippen molar-refractivity contribution in [3.8, 4) is 0 Å². The first kappa shape index (κ1) is 21.4. The van der Waals surface area contributed by atoms with Crippen molar-refractivity contribution in [1.29, 1.82) is 0 Å². The third-order valence-electron chi connectivity index (χ3n) is 3.63. The zero-order valence-corrected chi connectivity index (χ0v) is 15.6. The van der Waals surface area contributed by atoms with Gasteiger partial charge in [0.05, 0.1) is 16.0 Å². The lowest BCUT2D eigenvalue weighted by Crippen LogP contribution is -2.30. The first-order valence-corrected chi connectivity index (χ1v) is 9.76. The number of amides is 1. The fourth-order valence-electron chi connectivity index (χ4n) is 2.12. The Morgan fingerprint density at radius 1 is 1.07 bits per heavy atom. The Labute approximate surface area is 159 Å². The van der Waals surface area contributed by atoms with E-state index in [0.29, 0.717) is 0 Å². The van der Waals surface area contributed by atoms with Gasteiger partial charge in [-0.15, -0.1) is 0 Å². The molecule has 150 valence electrons. The maximum absolute atomic E-state index is 12.5. The number of hydrogen-bond acceptors (Lipinski definition) is 5. The van der Waals surface area contributed by atoms with Gasteiger partial charge in [-0.05, 0) is 49.4 Å². The van der Waals surface area contributed by atoms with E-state index in [1.807, 2.05) is 0 Å². The van der Waals surface area contributed by atoms with Crippen LogP contribution in [0.5, 0.6) is 0 Å². The molecule has 28 heavy (non-hydrogen) atoms. The topological polar surface area (TPSA) is 89.5 Å². The predicted molar refractivity (Wildman–Crippen MR) is 94.5 cm³/mol. The van der Waals surface area contributed by atoms with E-state index < -0.39 is 39.6 Å². The summed E-state index contributed by atoms with van der Waals surface area (Å²) in [7, 11) is -3.53. The fourth-order valence-corrected chi connectivity index (χ4v) is 2.79. The molecule has 0 fully saturated rings. The Balaban J connectivity index is 2.03. The van der Waals surface area contributed by atoms with Gasteiger partial charge in [-0.3, -0.25) is 4.79 Å². The molecule has 0 spiro atoms. The normalized spacial score (nSPS) is 12.9. The third-order valence-corrected chi connectivity index (χ3v) is 4.74. The number of esters is 1. The predicted octanol–water partition coefficient (Wildman–Crippen LogP) is 3.29. The Kier molecular flexibility index (Phi) is 6.13. The molecule has 2 aromatic rings. The van der Waals surface area contributed by atoms with Gasteiger partial charge in [-0.1, -0.05) is 6.07 Å². The van der Waals surface area contributed by atoms with Crippen molar-refractivity contribution < 1.29 is 35.9 Å². The van der Waals surface area contributed by atoms with Crippen LogP contribution in [0.3, 0.4) is 0 Å². The van der Waals surface area contributed by atoms with Gasteiger partial charge < -0.3 is 10.1 Å². The average molecular weight is 415 g/mol. The van der Waals surface area contributed by atoms with E-state index in [-0.39, 0.29) is 16.1 Å². The molecule has 0 aliphatic carbocycles. The molecular weight excluding hydrogens is 399 g/mol. The van der Waals surface area contributed by atoms with Crippen LogP contribution in [0.15, 0.2) is 53.4 Å². The molecule has 0 radical (unpaired) electrons. The minimum atomic E-state index is -4.49. The Morgan fingerprint density at radius 2 is 1.68 bits per heavy atom. The summed E-state index contributed by atoms with van der Waals surface area (Å²) in [6.07, 6.45) is -4.78. The van der Waals surface area contributed by atoms with Gasteiger partial charge in [-0.25, -0.2) is 13.2 Å². The number of nitrogens with one attached hydrogen (secondary N) is 1. The SMILES string of the molecule is C[C@H](OC(=O)c1cccc(S(C)(=O)=O)c1)C(=O)Nc1ccc(C(F)(F)F)cc1. The number of hydrogen-bond donors (Lipinski definition) is 1. The smallest absolute Gasteiger partial charge is 0.416 e. The molecule has 2 rings (SSSR count). The molecular formula is C18H16F3NO5S. The molecule has 0 unspecified atom stereocenters. The molecule has 0 bridgehead atoms. The van der Waals surface area contributed by atoms with E-state index in [9.17, 15) is 31.2 Å². The lowest BCUT2D eigenvalue weighted by molar-refractivity contribution is -0.137. The highest BCUT2D eigenvalue weighted by Crippen LogP contribution is 2.29. The van der Waals surface area contributed by atoms with E-state index in [0.717, 1.165) is 36.6 Å². The first-order chi connectivity index (χ1) is 12.9. The molecule has 1 N–H and O–H groups in total. The summed E-state index contributed by atoms with van der Waals surface area (Å²) in [6.45, 7) is 1.28. The fraction of sp³-hybridized carbons (Fsp3) is 0.222. The minimum absolute atomic E-state index is 0.0582. The number of alkyl halides is 3. The molecule has 0 heterocycles. The van der Waals surface area contributed by atoms with Gasteiger partial charge in [-0.2, -0.15) is 13.2 Å². The summed E-state index contributed by atoms with van der Waals surface area (Å²) in [6, 6.07) is 8.89. The zero-order chi connectivity index (χ0) is 21.1. The lowest BCUT2D eigenvalue weighted by atomic mass is 10.2. The summed E-state index contributed by atoms with van der Waals surface area (Å²) < 4.78 is 65.7. The number of ether oxygens (including phenoxy) is 1. The van der Waals surface area contributed by atoms with Crippen molar-refractivity contribution in [2.75, 3.05) is 11.6 Å². The van der Waals surface area contributed by atoms with Crippen LogP contribution < -0.4 is 5.32 Å². The molecule has 0 aliphatic rings. The molecule has 1 amide bonds. The summed E-state index contributed by atoms with van der Waals surface area (Å²) in [5, 5.41) is 2.33. The van der Waals surface area contributed by atoms with Crippen LogP contribution in [0.4, 0.5) is 18.9 Å². The van der Waals surface area contributed by atoms with Crippen LogP contribution >= 0.6 is 0 Å². The van der Waals surface area contributed by atoms with Gasteiger partial charge in [0.15, 0.2) is 15.9 Å². The van der Waals surface area contributed by atoms with E-state index >= 15 is 0 Å². The van der Waals surface area contributed by atoms with Crippen molar-refractivity contribution in [2.45, 2.75) is 24.1 Å². The van der Waals surface area contributed by atoms with Crippen molar-refractivity contribution >= 4 is 27.4 Å². The number of carbonyl (C=O) groups excluding carboxylic acids is 2. The zero-order valence-electron chi connectivity index (χ0n) is 14.8. The maximum Gasteiger partial charge on any atom is 0.416 e. The molecule has 2 aromatic carbocycles. The molecule has 0 saturated carbocycles. The molecule has 0 aliphatic heterocycles. The van der Waals surface area contributed by atoms with Crippen molar-refractivity contribution in [3.05, 3.63) is 59.7 Å². The maximum atomic E-state index is 12.5. The highest BCUT2D eigenvalue weighted by molar-refractivity contribution is 7.90. The first-order valence-electron chi connectivity index (χ1n) is 7.87. The van der Waals surface area contributed by atoms with Crippen LogP contribution in [0.25, 0.3) is 0 Å². The van der Waals surface area contributed by atoms with E-state index in [2.05, 4.69) is 5.32 Å². The lowest BCUT2D eigenvalue weighted by Gasteiger charge is -2.14. The molecule has 0 aromatic heterocycles. The Morgan fingerprint density at radius 3 is 2.21 bits per heavy atom. The quantitative estimate of drug-likeness (QED) is 0.757. The van der Waals surface area contributed by atoms with E-state index in [1.54, 1.807) is 0 Å². The number of benzene rings is 2.